The number of carbonyl (C=O) groups excluding carboxylic acids is 1. The molecule has 1 aliphatic heterocycles. The van der Waals surface area contributed by atoms with Gasteiger partial charge in [0, 0.05) is 0 Å². The number of benzene rings is 1. The number of ether oxygens (including phenoxy) is 1. The maximum absolute atomic E-state index is 12.1. The number of rotatable bonds is 2. The Morgan fingerprint density at radius 3 is 2.62 bits per heavy atom. The van der Waals surface area contributed by atoms with Crippen molar-refractivity contribution >= 4 is 5.78 Å². The number of carbonyl (C=O) groups is 1. The Balaban J connectivity index is 2.58. The average molecular weight is 218 g/mol. The van der Waals surface area contributed by atoms with Crippen molar-refractivity contribution in [3.8, 4) is 5.75 Å². The zero-order valence-electron chi connectivity index (χ0n) is 10.3. The number of fused-ring (bicyclic) bond motifs is 1. The van der Waals surface area contributed by atoms with Crippen LogP contribution in [0.25, 0.3) is 0 Å². The molecule has 0 aliphatic carbocycles. The quantitative estimate of drug-likeness (QED) is 0.759. The van der Waals surface area contributed by atoms with Gasteiger partial charge >= 0.3 is 0 Å². The minimum atomic E-state index is -0.270. The van der Waals surface area contributed by atoms with Crippen LogP contribution in [0.5, 0.6) is 5.75 Å². The Labute approximate surface area is 96.6 Å². The first-order valence-corrected chi connectivity index (χ1v) is 5.90. The summed E-state index contributed by atoms with van der Waals surface area (Å²) in [5, 5.41) is 0. The highest BCUT2D eigenvalue weighted by atomic mass is 16.5. The van der Waals surface area contributed by atoms with E-state index in [0.29, 0.717) is 5.92 Å². The lowest BCUT2D eigenvalue weighted by Crippen LogP contribution is -2.19. The summed E-state index contributed by atoms with van der Waals surface area (Å²) >= 11 is 0. The smallest absolute Gasteiger partial charge is 0.207 e. The van der Waals surface area contributed by atoms with Gasteiger partial charge in [-0.05, 0) is 30.4 Å². The van der Waals surface area contributed by atoms with Gasteiger partial charge in [-0.1, -0.05) is 32.9 Å². The molecule has 1 aliphatic rings. The zero-order chi connectivity index (χ0) is 11.9. The fourth-order valence-corrected chi connectivity index (χ4v) is 2.21. The second-order valence-electron chi connectivity index (χ2n) is 4.71. The molecule has 1 aromatic carbocycles. The predicted octanol–water partition coefficient (Wildman–Crippen LogP) is 3.47. The highest BCUT2D eigenvalue weighted by Crippen LogP contribution is 2.38. The van der Waals surface area contributed by atoms with Crippen LogP contribution >= 0.6 is 0 Å². The fourth-order valence-electron chi connectivity index (χ4n) is 2.21. The van der Waals surface area contributed by atoms with Crippen LogP contribution in [0.1, 0.15) is 54.6 Å². The van der Waals surface area contributed by atoms with Crippen LogP contribution in [0.15, 0.2) is 12.1 Å². The molecule has 0 N–H and O–H groups in total. The van der Waals surface area contributed by atoms with Crippen molar-refractivity contribution in [2.24, 2.45) is 0 Å². The highest BCUT2D eigenvalue weighted by molar-refractivity contribution is 6.06. The van der Waals surface area contributed by atoms with Gasteiger partial charge in [0.25, 0.3) is 0 Å². The molecule has 1 heterocycles. The maximum Gasteiger partial charge on any atom is 0.207 e. The van der Waals surface area contributed by atoms with Crippen LogP contribution in [0.4, 0.5) is 0 Å². The predicted molar refractivity (Wildman–Crippen MR) is 64.3 cm³/mol. The minimum Gasteiger partial charge on any atom is -0.481 e. The topological polar surface area (TPSA) is 26.3 Å². The molecule has 1 unspecified atom stereocenters. The molecule has 0 fully saturated rings. The Hall–Kier alpha value is -1.31. The average Bonchev–Trinajstić information content (AvgIpc) is 2.56. The van der Waals surface area contributed by atoms with E-state index >= 15 is 0 Å². The first-order valence-electron chi connectivity index (χ1n) is 5.90. The molecule has 0 aromatic heterocycles. The third-order valence-corrected chi connectivity index (χ3v) is 3.19. The third kappa shape index (κ3) is 1.53. The summed E-state index contributed by atoms with van der Waals surface area (Å²) in [5.74, 6) is 1.36. The van der Waals surface area contributed by atoms with E-state index in [1.54, 1.807) is 0 Å². The van der Waals surface area contributed by atoms with Crippen molar-refractivity contribution in [1.29, 1.82) is 0 Å². The molecule has 1 atom stereocenters. The summed E-state index contributed by atoms with van der Waals surface area (Å²) in [7, 11) is 0. The van der Waals surface area contributed by atoms with E-state index in [1.807, 2.05) is 19.9 Å². The lowest BCUT2D eigenvalue weighted by molar-refractivity contribution is 0.0852. The molecule has 0 radical (unpaired) electrons. The zero-order valence-corrected chi connectivity index (χ0v) is 10.3. The molecule has 0 saturated carbocycles. The van der Waals surface area contributed by atoms with E-state index in [0.717, 1.165) is 28.9 Å². The molecule has 0 bridgehead atoms. The molecule has 2 heteroatoms. The molecule has 1 aromatic rings. The molecule has 0 spiro atoms. The van der Waals surface area contributed by atoms with E-state index in [4.69, 9.17) is 4.74 Å². The SMILES string of the molecule is CCC1Oc2c(C(C)C)ccc(C)c2C1=O. The second kappa shape index (κ2) is 3.93. The van der Waals surface area contributed by atoms with Crippen molar-refractivity contribution < 1.29 is 9.53 Å². The van der Waals surface area contributed by atoms with E-state index in [-0.39, 0.29) is 11.9 Å². The Morgan fingerprint density at radius 1 is 1.38 bits per heavy atom. The van der Waals surface area contributed by atoms with Crippen molar-refractivity contribution in [2.45, 2.75) is 46.1 Å². The number of hydrogen-bond acceptors (Lipinski definition) is 2. The van der Waals surface area contributed by atoms with E-state index in [1.165, 1.54) is 0 Å². The van der Waals surface area contributed by atoms with Crippen molar-refractivity contribution in [1.82, 2.24) is 0 Å². The van der Waals surface area contributed by atoms with Gasteiger partial charge in [0.1, 0.15) is 5.75 Å². The van der Waals surface area contributed by atoms with Gasteiger partial charge in [0.05, 0.1) is 5.56 Å². The molecular formula is C14H18O2. The maximum atomic E-state index is 12.1. The number of ketones is 1. The summed E-state index contributed by atoms with van der Waals surface area (Å²) < 4.78 is 5.79. The van der Waals surface area contributed by atoms with Crippen LogP contribution in [-0.4, -0.2) is 11.9 Å². The van der Waals surface area contributed by atoms with Gasteiger partial charge in [0.15, 0.2) is 6.10 Å². The largest absolute Gasteiger partial charge is 0.481 e. The summed E-state index contributed by atoms with van der Waals surface area (Å²) in [6, 6.07) is 4.09. The van der Waals surface area contributed by atoms with Crippen LogP contribution in [0.2, 0.25) is 0 Å². The first-order chi connectivity index (χ1) is 7.56. The van der Waals surface area contributed by atoms with Crippen LogP contribution in [0.3, 0.4) is 0 Å². The summed E-state index contributed by atoms with van der Waals surface area (Å²) in [6.07, 6.45) is 0.471. The van der Waals surface area contributed by atoms with Crippen molar-refractivity contribution in [3.05, 3.63) is 28.8 Å². The Bertz CT molecular complexity index is 433. The standard InChI is InChI=1S/C14H18O2/c1-5-11-13(15)12-9(4)6-7-10(8(2)3)14(12)16-11/h6-8,11H,5H2,1-4H3. The van der Waals surface area contributed by atoms with E-state index in [2.05, 4.69) is 19.9 Å². The van der Waals surface area contributed by atoms with E-state index < -0.39 is 0 Å². The molecule has 0 saturated heterocycles. The van der Waals surface area contributed by atoms with Gasteiger partial charge < -0.3 is 4.74 Å². The molecule has 16 heavy (non-hydrogen) atoms. The first kappa shape index (κ1) is 11.2. The summed E-state index contributed by atoms with van der Waals surface area (Å²) in [6.45, 7) is 8.21. The van der Waals surface area contributed by atoms with Gasteiger partial charge in [-0.15, -0.1) is 0 Å². The lowest BCUT2D eigenvalue weighted by atomic mass is 9.94. The van der Waals surface area contributed by atoms with Gasteiger partial charge in [-0.2, -0.15) is 0 Å². The molecule has 2 rings (SSSR count). The highest BCUT2D eigenvalue weighted by Gasteiger charge is 2.34. The molecule has 0 amide bonds. The monoisotopic (exact) mass is 218 g/mol. The second-order valence-corrected chi connectivity index (χ2v) is 4.71. The summed E-state index contributed by atoms with van der Waals surface area (Å²) in [5.41, 5.74) is 2.98. The Kier molecular flexibility index (Phi) is 2.75. The number of aryl methyl sites for hydroxylation is 1. The van der Waals surface area contributed by atoms with Crippen molar-refractivity contribution in [3.63, 3.8) is 0 Å². The summed E-state index contributed by atoms with van der Waals surface area (Å²) in [4.78, 5) is 12.1. The third-order valence-electron chi connectivity index (χ3n) is 3.19. The minimum absolute atomic E-state index is 0.150. The van der Waals surface area contributed by atoms with Gasteiger partial charge in [-0.3, -0.25) is 4.79 Å². The molecule has 2 nitrogen and oxygen atoms in total. The van der Waals surface area contributed by atoms with Gasteiger partial charge in [0.2, 0.25) is 5.78 Å². The van der Waals surface area contributed by atoms with Crippen LogP contribution < -0.4 is 4.74 Å². The van der Waals surface area contributed by atoms with Crippen LogP contribution in [0, 0.1) is 6.92 Å². The van der Waals surface area contributed by atoms with Crippen LogP contribution in [-0.2, 0) is 0 Å². The number of Topliss-reactive ketones (excluding diaryl/α,β-unsaturated/α-hetero) is 1. The molecular weight excluding hydrogens is 200 g/mol. The normalized spacial score (nSPS) is 18.8. The fraction of sp³-hybridized carbons (Fsp3) is 0.500. The number of hydrogen-bond donors (Lipinski definition) is 0. The lowest BCUT2D eigenvalue weighted by Gasteiger charge is -2.12. The van der Waals surface area contributed by atoms with E-state index in [9.17, 15) is 4.79 Å². The van der Waals surface area contributed by atoms with Crippen molar-refractivity contribution in [2.75, 3.05) is 0 Å². The Morgan fingerprint density at radius 2 is 2.06 bits per heavy atom. The molecule has 86 valence electrons. The van der Waals surface area contributed by atoms with Gasteiger partial charge in [-0.25, -0.2) is 0 Å².